The molecule has 2 rings (SSSR count). The summed E-state index contributed by atoms with van der Waals surface area (Å²) in [6.45, 7) is 11.2. The zero-order chi connectivity index (χ0) is 15.2. The molecule has 2 aliphatic rings. The van der Waals surface area contributed by atoms with Crippen LogP contribution in [0.5, 0.6) is 0 Å². The van der Waals surface area contributed by atoms with Crippen molar-refractivity contribution in [3.63, 3.8) is 0 Å². The summed E-state index contributed by atoms with van der Waals surface area (Å²) < 4.78 is 5.73. The molecule has 0 radical (unpaired) electrons. The summed E-state index contributed by atoms with van der Waals surface area (Å²) in [4.78, 5) is 14.6. The van der Waals surface area contributed by atoms with E-state index < -0.39 is 0 Å². The molecule has 5 nitrogen and oxygen atoms in total. The summed E-state index contributed by atoms with van der Waals surface area (Å²) in [5.74, 6) is 0.441. The van der Waals surface area contributed by atoms with Gasteiger partial charge in [0, 0.05) is 38.1 Å². The van der Waals surface area contributed by atoms with Gasteiger partial charge in [0.2, 0.25) is 5.91 Å². The molecule has 2 heterocycles. The van der Waals surface area contributed by atoms with Crippen LogP contribution in [0, 0.1) is 5.92 Å². The normalized spacial score (nSPS) is 34.6. The number of ether oxygens (including phenoxy) is 1. The number of nitrogens with one attached hydrogen (secondary N) is 2. The van der Waals surface area contributed by atoms with Gasteiger partial charge in [0.25, 0.3) is 0 Å². The molecule has 2 aliphatic heterocycles. The molecule has 4 atom stereocenters. The number of rotatable bonds is 5. The van der Waals surface area contributed by atoms with Crippen LogP contribution in [-0.4, -0.2) is 61.8 Å². The van der Waals surface area contributed by atoms with Crippen molar-refractivity contribution >= 4 is 5.91 Å². The van der Waals surface area contributed by atoms with Crippen LogP contribution in [0.2, 0.25) is 0 Å². The van der Waals surface area contributed by atoms with Crippen molar-refractivity contribution in [1.29, 1.82) is 0 Å². The Morgan fingerprint density at radius 1 is 1.29 bits per heavy atom. The Kier molecular flexibility index (Phi) is 6.45. The second-order valence-electron chi connectivity index (χ2n) is 6.74. The number of nitrogens with zero attached hydrogens (tertiary/aromatic N) is 1. The van der Waals surface area contributed by atoms with E-state index in [1.54, 1.807) is 0 Å². The molecule has 0 aromatic rings. The van der Waals surface area contributed by atoms with Crippen molar-refractivity contribution < 1.29 is 9.53 Å². The van der Waals surface area contributed by atoms with Crippen LogP contribution in [0.25, 0.3) is 0 Å². The van der Waals surface area contributed by atoms with E-state index in [1.807, 2.05) is 0 Å². The molecule has 0 aliphatic carbocycles. The predicted molar refractivity (Wildman–Crippen MR) is 84.3 cm³/mol. The average molecular weight is 297 g/mol. The molecule has 0 bridgehead atoms. The topological polar surface area (TPSA) is 53.6 Å². The van der Waals surface area contributed by atoms with Crippen LogP contribution in [0.1, 0.15) is 40.0 Å². The number of hydrogen-bond acceptors (Lipinski definition) is 4. The molecular weight excluding hydrogens is 266 g/mol. The van der Waals surface area contributed by atoms with E-state index in [2.05, 4.69) is 36.3 Å². The molecule has 2 fully saturated rings. The molecule has 1 amide bonds. The Hall–Kier alpha value is -0.650. The molecule has 0 spiro atoms. The van der Waals surface area contributed by atoms with E-state index in [-0.39, 0.29) is 11.8 Å². The van der Waals surface area contributed by atoms with Gasteiger partial charge in [-0.2, -0.15) is 0 Å². The van der Waals surface area contributed by atoms with Crippen LogP contribution >= 0.6 is 0 Å². The zero-order valence-electron chi connectivity index (χ0n) is 13.7. The molecule has 0 saturated carbocycles. The van der Waals surface area contributed by atoms with Gasteiger partial charge in [-0.25, -0.2) is 0 Å². The first-order valence-electron chi connectivity index (χ1n) is 8.43. The Labute approximate surface area is 128 Å². The molecule has 0 aromatic carbocycles. The molecule has 21 heavy (non-hydrogen) atoms. The van der Waals surface area contributed by atoms with Gasteiger partial charge in [-0.1, -0.05) is 0 Å². The Morgan fingerprint density at radius 3 is 2.67 bits per heavy atom. The minimum absolute atomic E-state index is 0.199. The largest absolute Gasteiger partial charge is 0.373 e. The lowest BCUT2D eigenvalue weighted by atomic mass is 9.92. The number of amides is 1. The lowest BCUT2D eigenvalue weighted by molar-refractivity contribution is -0.126. The number of carbonyl (C=O) groups is 1. The first-order valence-corrected chi connectivity index (χ1v) is 8.43. The van der Waals surface area contributed by atoms with E-state index in [0.717, 1.165) is 52.0 Å². The average Bonchev–Trinajstić information content (AvgIpc) is 2.42. The van der Waals surface area contributed by atoms with Gasteiger partial charge < -0.3 is 15.4 Å². The highest BCUT2D eigenvalue weighted by Gasteiger charge is 2.24. The van der Waals surface area contributed by atoms with Crippen molar-refractivity contribution in [1.82, 2.24) is 15.5 Å². The van der Waals surface area contributed by atoms with Gasteiger partial charge in [-0.15, -0.1) is 0 Å². The highest BCUT2D eigenvalue weighted by Crippen LogP contribution is 2.16. The predicted octanol–water partition coefficient (Wildman–Crippen LogP) is 0.990. The summed E-state index contributed by atoms with van der Waals surface area (Å²) in [5.41, 5.74) is 0. The van der Waals surface area contributed by atoms with Crippen molar-refractivity contribution in [3.8, 4) is 0 Å². The molecule has 2 saturated heterocycles. The molecule has 0 aromatic heterocycles. The summed E-state index contributed by atoms with van der Waals surface area (Å²) in [5, 5.41) is 6.50. The van der Waals surface area contributed by atoms with Crippen LogP contribution < -0.4 is 10.6 Å². The first kappa shape index (κ1) is 16.7. The summed E-state index contributed by atoms with van der Waals surface area (Å²) in [6.07, 6.45) is 3.59. The summed E-state index contributed by atoms with van der Waals surface area (Å²) in [7, 11) is 0. The first-order chi connectivity index (χ1) is 10.0. The summed E-state index contributed by atoms with van der Waals surface area (Å²) in [6, 6.07) is 0.464. The van der Waals surface area contributed by atoms with Gasteiger partial charge in [-0.05, 0) is 46.6 Å². The van der Waals surface area contributed by atoms with Crippen molar-refractivity contribution in [2.45, 2.75) is 58.3 Å². The molecule has 2 N–H and O–H groups in total. The maximum absolute atomic E-state index is 12.1. The lowest BCUT2D eigenvalue weighted by Gasteiger charge is -2.35. The maximum atomic E-state index is 12.1. The van der Waals surface area contributed by atoms with Crippen molar-refractivity contribution in [2.75, 3.05) is 32.7 Å². The van der Waals surface area contributed by atoms with E-state index in [1.165, 1.54) is 0 Å². The Balaban J connectivity index is 1.59. The second kappa shape index (κ2) is 8.11. The monoisotopic (exact) mass is 297 g/mol. The standard InChI is InChI=1S/C16H31N3O2/c1-12-9-15(5-7-17-12)16(20)18-6-4-8-19-10-13(2)21-14(3)11-19/h12-15,17H,4-11H2,1-3H3,(H,18,20)/t12-,13?,14?,15-/m0/s1. The molecule has 5 heteroatoms. The number of morpholine rings is 1. The van der Waals surface area contributed by atoms with E-state index in [0.29, 0.717) is 18.2 Å². The third kappa shape index (κ3) is 5.57. The minimum Gasteiger partial charge on any atom is -0.373 e. The number of piperidine rings is 1. The van der Waals surface area contributed by atoms with E-state index >= 15 is 0 Å². The van der Waals surface area contributed by atoms with E-state index in [4.69, 9.17) is 4.74 Å². The highest BCUT2D eigenvalue weighted by atomic mass is 16.5. The van der Waals surface area contributed by atoms with Crippen LogP contribution in [0.3, 0.4) is 0 Å². The maximum Gasteiger partial charge on any atom is 0.223 e. The number of hydrogen-bond donors (Lipinski definition) is 2. The molecule has 2 unspecified atom stereocenters. The summed E-state index contributed by atoms with van der Waals surface area (Å²) >= 11 is 0. The Morgan fingerprint density at radius 2 is 2.00 bits per heavy atom. The van der Waals surface area contributed by atoms with Crippen LogP contribution in [-0.2, 0) is 9.53 Å². The van der Waals surface area contributed by atoms with Gasteiger partial charge >= 0.3 is 0 Å². The third-order valence-electron chi connectivity index (χ3n) is 4.44. The van der Waals surface area contributed by atoms with Gasteiger partial charge in [0.15, 0.2) is 0 Å². The van der Waals surface area contributed by atoms with Crippen LogP contribution in [0.15, 0.2) is 0 Å². The smallest absolute Gasteiger partial charge is 0.223 e. The van der Waals surface area contributed by atoms with Gasteiger partial charge in [0.05, 0.1) is 12.2 Å². The molecule has 122 valence electrons. The SMILES string of the molecule is CC1CN(CCCNC(=O)[C@H]2CCN[C@@H](C)C2)CC(C)O1. The zero-order valence-corrected chi connectivity index (χ0v) is 13.7. The fourth-order valence-corrected chi connectivity index (χ4v) is 3.50. The van der Waals surface area contributed by atoms with Gasteiger partial charge in [0.1, 0.15) is 0 Å². The van der Waals surface area contributed by atoms with Crippen molar-refractivity contribution in [3.05, 3.63) is 0 Å². The fourth-order valence-electron chi connectivity index (χ4n) is 3.50. The lowest BCUT2D eigenvalue weighted by Crippen LogP contribution is -2.46. The minimum atomic E-state index is 0.199. The third-order valence-corrected chi connectivity index (χ3v) is 4.44. The van der Waals surface area contributed by atoms with Crippen molar-refractivity contribution in [2.24, 2.45) is 5.92 Å². The van der Waals surface area contributed by atoms with Crippen LogP contribution in [0.4, 0.5) is 0 Å². The molecular formula is C16H31N3O2. The second-order valence-corrected chi connectivity index (χ2v) is 6.74. The van der Waals surface area contributed by atoms with Gasteiger partial charge in [-0.3, -0.25) is 9.69 Å². The quantitative estimate of drug-likeness (QED) is 0.743. The number of carbonyl (C=O) groups excluding carboxylic acids is 1. The van der Waals surface area contributed by atoms with E-state index in [9.17, 15) is 4.79 Å². The Bertz CT molecular complexity index is 327. The highest BCUT2D eigenvalue weighted by molar-refractivity contribution is 5.78. The fraction of sp³-hybridized carbons (Fsp3) is 0.938.